The lowest BCUT2D eigenvalue weighted by Crippen LogP contribution is -2.30. The molecule has 2 rings (SSSR count). The molecule has 0 radical (unpaired) electrons. The van der Waals surface area contributed by atoms with Crippen molar-refractivity contribution in [3.05, 3.63) is 23.8 Å². The van der Waals surface area contributed by atoms with E-state index in [4.69, 9.17) is 15.2 Å². The summed E-state index contributed by atoms with van der Waals surface area (Å²) in [5.41, 5.74) is 6.87. The standard InChI is InChI=1S/C13H19NO4S/c1-17-13-3-2-11(14)8-10(13)9-19(15,16)12-4-6-18-7-5-12/h2-3,8,12H,4-7,9,14H2,1H3. The molecule has 1 aromatic carbocycles. The van der Waals surface area contributed by atoms with Crippen LogP contribution in [0.25, 0.3) is 0 Å². The number of hydrogen-bond donors (Lipinski definition) is 1. The second-order valence-electron chi connectivity index (χ2n) is 4.69. The molecule has 0 unspecified atom stereocenters. The lowest BCUT2D eigenvalue weighted by atomic mass is 10.2. The van der Waals surface area contributed by atoms with Crippen LogP contribution in [-0.4, -0.2) is 34.0 Å². The van der Waals surface area contributed by atoms with Crippen molar-refractivity contribution in [2.24, 2.45) is 0 Å². The number of anilines is 1. The van der Waals surface area contributed by atoms with Gasteiger partial charge in [0.05, 0.1) is 18.1 Å². The van der Waals surface area contributed by atoms with Gasteiger partial charge in [-0.1, -0.05) is 0 Å². The lowest BCUT2D eigenvalue weighted by Gasteiger charge is -2.22. The third-order valence-corrected chi connectivity index (χ3v) is 5.54. The van der Waals surface area contributed by atoms with Crippen LogP contribution in [0.15, 0.2) is 18.2 Å². The van der Waals surface area contributed by atoms with Gasteiger partial charge in [0.25, 0.3) is 0 Å². The van der Waals surface area contributed by atoms with Gasteiger partial charge in [0.1, 0.15) is 5.75 Å². The third kappa shape index (κ3) is 3.39. The Morgan fingerprint density at radius 1 is 1.37 bits per heavy atom. The summed E-state index contributed by atoms with van der Waals surface area (Å²) in [6, 6.07) is 5.06. The van der Waals surface area contributed by atoms with Crippen molar-refractivity contribution < 1.29 is 17.9 Å². The Balaban J connectivity index is 2.21. The van der Waals surface area contributed by atoms with Crippen molar-refractivity contribution in [1.82, 2.24) is 0 Å². The molecule has 2 N–H and O–H groups in total. The second kappa shape index (κ2) is 5.79. The highest BCUT2D eigenvalue weighted by molar-refractivity contribution is 7.91. The maximum atomic E-state index is 12.4. The molecule has 5 nitrogen and oxygen atoms in total. The highest BCUT2D eigenvalue weighted by atomic mass is 32.2. The maximum Gasteiger partial charge on any atom is 0.157 e. The summed E-state index contributed by atoms with van der Waals surface area (Å²) < 4.78 is 35.2. The first-order valence-electron chi connectivity index (χ1n) is 6.24. The molecule has 0 aliphatic carbocycles. The molecule has 1 fully saturated rings. The maximum absolute atomic E-state index is 12.4. The minimum Gasteiger partial charge on any atom is -0.496 e. The van der Waals surface area contributed by atoms with E-state index in [1.807, 2.05) is 0 Å². The number of nitrogens with two attached hydrogens (primary N) is 1. The molecule has 1 aliphatic heterocycles. The normalized spacial score (nSPS) is 17.3. The molecule has 1 saturated heterocycles. The van der Waals surface area contributed by atoms with Gasteiger partial charge in [-0.2, -0.15) is 0 Å². The van der Waals surface area contributed by atoms with Crippen LogP contribution < -0.4 is 10.5 Å². The molecule has 0 saturated carbocycles. The van der Waals surface area contributed by atoms with Gasteiger partial charge in [-0.05, 0) is 31.0 Å². The molecule has 106 valence electrons. The minimum absolute atomic E-state index is 0.0358. The zero-order valence-electron chi connectivity index (χ0n) is 11.0. The van der Waals surface area contributed by atoms with E-state index >= 15 is 0 Å². The smallest absolute Gasteiger partial charge is 0.157 e. The molecule has 1 heterocycles. The Morgan fingerprint density at radius 3 is 2.68 bits per heavy atom. The van der Waals surface area contributed by atoms with Crippen LogP contribution in [0.4, 0.5) is 5.69 Å². The van der Waals surface area contributed by atoms with Gasteiger partial charge < -0.3 is 15.2 Å². The van der Waals surface area contributed by atoms with Gasteiger partial charge >= 0.3 is 0 Å². The average Bonchev–Trinajstić information content (AvgIpc) is 2.39. The zero-order valence-corrected chi connectivity index (χ0v) is 11.8. The van der Waals surface area contributed by atoms with Gasteiger partial charge in [-0.25, -0.2) is 8.42 Å². The van der Waals surface area contributed by atoms with Crippen molar-refractivity contribution in [1.29, 1.82) is 0 Å². The molecular weight excluding hydrogens is 266 g/mol. The SMILES string of the molecule is COc1ccc(N)cc1CS(=O)(=O)C1CCOCC1. The summed E-state index contributed by atoms with van der Waals surface area (Å²) in [5, 5.41) is -0.326. The van der Waals surface area contributed by atoms with E-state index in [1.54, 1.807) is 18.2 Å². The van der Waals surface area contributed by atoms with Gasteiger partial charge in [0.15, 0.2) is 9.84 Å². The van der Waals surface area contributed by atoms with Gasteiger partial charge in [-0.3, -0.25) is 0 Å². The Bertz CT molecular complexity index is 536. The quantitative estimate of drug-likeness (QED) is 0.845. The molecule has 19 heavy (non-hydrogen) atoms. The van der Waals surface area contributed by atoms with Crippen molar-refractivity contribution in [3.63, 3.8) is 0 Å². The van der Waals surface area contributed by atoms with Crippen LogP contribution >= 0.6 is 0 Å². The fourth-order valence-electron chi connectivity index (χ4n) is 2.28. The van der Waals surface area contributed by atoms with Crippen LogP contribution in [0.5, 0.6) is 5.75 Å². The highest BCUT2D eigenvalue weighted by Gasteiger charge is 2.28. The predicted molar refractivity (Wildman–Crippen MR) is 73.9 cm³/mol. The molecule has 1 aliphatic rings. The summed E-state index contributed by atoms with van der Waals surface area (Å²) in [5.74, 6) is 0.524. The van der Waals surface area contributed by atoms with Gasteiger partial charge in [-0.15, -0.1) is 0 Å². The minimum atomic E-state index is -3.20. The van der Waals surface area contributed by atoms with E-state index in [0.717, 1.165) is 0 Å². The van der Waals surface area contributed by atoms with E-state index in [0.29, 0.717) is 43.1 Å². The van der Waals surface area contributed by atoms with Crippen LogP contribution in [0.1, 0.15) is 18.4 Å². The Morgan fingerprint density at radius 2 is 2.05 bits per heavy atom. The Hall–Kier alpha value is -1.27. The first-order chi connectivity index (χ1) is 9.03. The van der Waals surface area contributed by atoms with Gasteiger partial charge in [0.2, 0.25) is 0 Å². The van der Waals surface area contributed by atoms with Crippen LogP contribution in [0.3, 0.4) is 0 Å². The van der Waals surface area contributed by atoms with Crippen molar-refractivity contribution in [2.45, 2.75) is 23.8 Å². The molecule has 1 aromatic rings. The monoisotopic (exact) mass is 285 g/mol. The summed E-state index contributed by atoms with van der Waals surface area (Å²) >= 11 is 0. The predicted octanol–water partition coefficient (Wildman–Crippen LogP) is 1.37. The highest BCUT2D eigenvalue weighted by Crippen LogP contribution is 2.27. The van der Waals surface area contributed by atoms with Crippen molar-refractivity contribution in [2.75, 3.05) is 26.1 Å². The van der Waals surface area contributed by atoms with Crippen LogP contribution in [0.2, 0.25) is 0 Å². The molecule has 0 amide bonds. The number of rotatable bonds is 4. The number of ether oxygens (including phenoxy) is 2. The first kappa shape index (κ1) is 14.1. The fraction of sp³-hybridized carbons (Fsp3) is 0.538. The van der Waals surface area contributed by atoms with E-state index in [-0.39, 0.29) is 11.0 Å². The number of sulfone groups is 1. The molecule has 6 heteroatoms. The second-order valence-corrected chi connectivity index (χ2v) is 6.97. The Kier molecular flexibility index (Phi) is 4.31. The molecule has 0 aromatic heterocycles. The third-order valence-electron chi connectivity index (χ3n) is 3.34. The summed E-state index contributed by atoms with van der Waals surface area (Å²) in [6.45, 7) is 1.02. The first-order valence-corrected chi connectivity index (χ1v) is 7.96. The van der Waals surface area contributed by atoms with Gasteiger partial charge in [0, 0.05) is 24.5 Å². The summed E-state index contributed by atoms with van der Waals surface area (Å²) in [7, 11) is -1.68. The molecule has 0 spiro atoms. The lowest BCUT2D eigenvalue weighted by molar-refractivity contribution is 0.0983. The van der Waals surface area contributed by atoms with Crippen molar-refractivity contribution >= 4 is 15.5 Å². The topological polar surface area (TPSA) is 78.6 Å². The van der Waals surface area contributed by atoms with E-state index in [1.165, 1.54) is 7.11 Å². The molecule has 0 bridgehead atoms. The van der Waals surface area contributed by atoms with Crippen LogP contribution in [0, 0.1) is 0 Å². The van der Waals surface area contributed by atoms with E-state index < -0.39 is 9.84 Å². The van der Waals surface area contributed by atoms with E-state index in [2.05, 4.69) is 0 Å². The number of benzene rings is 1. The summed E-state index contributed by atoms with van der Waals surface area (Å²) in [6.07, 6.45) is 1.12. The average molecular weight is 285 g/mol. The van der Waals surface area contributed by atoms with Crippen molar-refractivity contribution in [3.8, 4) is 5.75 Å². The number of hydrogen-bond acceptors (Lipinski definition) is 5. The number of methoxy groups -OCH3 is 1. The number of nitrogen functional groups attached to an aromatic ring is 1. The Labute approximate surface area is 113 Å². The van der Waals surface area contributed by atoms with Crippen LogP contribution in [-0.2, 0) is 20.3 Å². The molecular formula is C13H19NO4S. The van der Waals surface area contributed by atoms with E-state index in [9.17, 15) is 8.42 Å². The summed E-state index contributed by atoms with van der Waals surface area (Å²) in [4.78, 5) is 0. The zero-order chi connectivity index (χ0) is 13.9. The molecule has 0 atom stereocenters. The fourth-order valence-corrected chi connectivity index (χ4v) is 4.09. The largest absolute Gasteiger partial charge is 0.496 e.